The molecule has 1 aliphatic carbocycles. The Bertz CT molecular complexity index is 378. The van der Waals surface area contributed by atoms with Crippen LogP contribution >= 0.6 is 0 Å². The van der Waals surface area contributed by atoms with Crippen LogP contribution in [0.25, 0.3) is 0 Å². The van der Waals surface area contributed by atoms with Crippen molar-refractivity contribution in [3.63, 3.8) is 0 Å². The third-order valence-electron chi connectivity index (χ3n) is 2.48. The van der Waals surface area contributed by atoms with Gasteiger partial charge in [0.1, 0.15) is 0 Å². The Morgan fingerprint density at radius 3 is 2.65 bits per heavy atom. The third kappa shape index (κ3) is 3.44. The minimum Gasteiger partial charge on any atom is -0.463 e. The highest BCUT2D eigenvalue weighted by Gasteiger charge is 2.22. The van der Waals surface area contributed by atoms with Crippen molar-refractivity contribution in [2.45, 2.75) is 19.8 Å². The third-order valence-corrected chi connectivity index (χ3v) is 2.48. The molecule has 1 heterocycles. The van der Waals surface area contributed by atoms with Gasteiger partial charge in [-0.05, 0) is 25.7 Å². The average Bonchev–Trinajstić information content (AvgIpc) is 3.10. The second kappa shape index (κ2) is 5.16. The summed E-state index contributed by atoms with van der Waals surface area (Å²) in [6, 6.07) is 0.409. The van der Waals surface area contributed by atoms with Crippen molar-refractivity contribution in [3.05, 3.63) is 0 Å². The molecule has 0 atom stereocenters. The molecule has 0 bridgehead atoms. The van der Waals surface area contributed by atoms with Gasteiger partial charge in [-0.25, -0.2) is 0 Å². The normalized spacial score (nSPS) is 14.5. The lowest BCUT2D eigenvalue weighted by atomic mass is 10.5. The van der Waals surface area contributed by atoms with Crippen molar-refractivity contribution in [3.8, 4) is 6.01 Å². The van der Waals surface area contributed by atoms with E-state index in [9.17, 15) is 0 Å². The van der Waals surface area contributed by atoms with E-state index in [0.717, 1.165) is 6.54 Å². The van der Waals surface area contributed by atoms with Gasteiger partial charge in [0, 0.05) is 20.6 Å². The van der Waals surface area contributed by atoms with Crippen LogP contribution < -0.4 is 15.0 Å². The molecule has 0 aromatic carbocycles. The van der Waals surface area contributed by atoms with Gasteiger partial charge in [-0.3, -0.25) is 0 Å². The van der Waals surface area contributed by atoms with Gasteiger partial charge in [-0.1, -0.05) is 0 Å². The first-order chi connectivity index (χ1) is 8.19. The van der Waals surface area contributed by atoms with Crippen molar-refractivity contribution in [2.24, 2.45) is 5.92 Å². The van der Waals surface area contributed by atoms with Crippen LogP contribution in [0.15, 0.2) is 0 Å². The monoisotopic (exact) mass is 237 g/mol. The summed E-state index contributed by atoms with van der Waals surface area (Å²) in [6.07, 6.45) is 2.51. The maximum Gasteiger partial charge on any atom is 0.323 e. The standard InChI is InChI=1S/C11H19N5O/c1-4-12-9-13-10(16(2)3)15-11(14-9)17-7-8-5-6-8/h8H,4-7H2,1-3H3,(H,12,13,14,15). The Morgan fingerprint density at radius 2 is 2.06 bits per heavy atom. The van der Waals surface area contributed by atoms with E-state index in [2.05, 4.69) is 20.3 Å². The van der Waals surface area contributed by atoms with Crippen LogP contribution in [-0.4, -0.2) is 42.2 Å². The smallest absolute Gasteiger partial charge is 0.323 e. The molecule has 0 unspecified atom stereocenters. The van der Waals surface area contributed by atoms with E-state index < -0.39 is 0 Å². The summed E-state index contributed by atoms with van der Waals surface area (Å²) in [5.74, 6) is 1.87. The predicted octanol–water partition coefficient (Wildman–Crippen LogP) is 1.16. The van der Waals surface area contributed by atoms with E-state index in [-0.39, 0.29) is 0 Å². The molecule has 1 aromatic rings. The predicted molar refractivity (Wildman–Crippen MR) is 66.5 cm³/mol. The number of aromatic nitrogens is 3. The molecule has 0 saturated heterocycles. The second-order valence-corrected chi connectivity index (χ2v) is 4.42. The quantitative estimate of drug-likeness (QED) is 0.801. The first kappa shape index (κ1) is 11.9. The number of ether oxygens (including phenoxy) is 1. The molecule has 94 valence electrons. The van der Waals surface area contributed by atoms with Gasteiger partial charge < -0.3 is 15.0 Å². The van der Waals surface area contributed by atoms with Crippen molar-refractivity contribution in [2.75, 3.05) is 37.5 Å². The highest BCUT2D eigenvalue weighted by atomic mass is 16.5. The molecule has 17 heavy (non-hydrogen) atoms. The van der Waals surface area contributed by atoms with Crippen LogP contribution in [0.2, 0.25) is 0 Å². The van der Waals surface area contributed by atoms with E-state index in [4.69, 9.17) is 4.74 Å². The Kier molecular flexibility index (Phi) is 3.61. The Hall–Kier alpha value is -1.59. The molecular formula is C11H19N5O. The summed E-state index contributed by atoms with van der Waals surface area (Å²) >= 11 is 0. The summed E-state index contributed by atoms with van der Waals surface area (Å²) in [6.45, 7) is 3.49. The lowest BCUT2D eigenvalue weighted by molar-refractivity contribution is 0.276. The van der Waals surface area contributed by atoms with Crippen molar-refractivity contribution >= 4 is 11.9 Å². The van der Waals surface area contributed by atoms with Crippen LogP contribution in [0.1, 0.15) is 19.8 Å². The maximum absolute atomic E-state index is 5.58. The van der Waals surface area contributed by atoms with E-state index in [1.807, 2.05) is 25.9 Å². The fraction of sp³-hybridized carbons (Fsp3) is 0.727. The van der Waals surface area contributed by atoms with Crippen molar-refractivity contribution in [1.82, 2.24) is 15.0 Å². The molecule has 1 aliphatic rings. The van der Waals surface area contributed by atoms with E-state index >= 15 is 0 Å². The molecule has 0 aliphatic heterocycles. The average molecular weight is 237 g/mol. The molecule has 1 aromatic heterocycles. The molecule has 6 nitrogen and oxygen atoms in total. The molecule has 1 fully saturated rings. The number of nitrogens with zero attached hydrogens (tertiary/aromatic N) is 4. The molecule has 2 rings (SSSR count). The lowest BCUT2D eigenvalue weighted by Crippen LogP contribution is -2.16. The maximum atomic E-state index is 5.58. The van der Waals surface area contributed by atoms with Gasteiger partial charge in [0.05, 0.1) is 6.61 Å². The first-order valence-corrected chi connectivity index (χ1v) is 5.99. The molecule has 1 saturated carbocycles. The van der Waals surface area contributed by atoms with Crippen LogP contribution in [0, 0.1) is 5.92 Å². The molecule has 6 heteroatoms. The van der Waals surface area contributed by atoms with Crippen LogP contribution in [-0.2, 0) is 0 Å². The SMILES string of the molecule is CCNc1nc(OCC2CC2)nc(N(C)C)n1. The number of anilines is 2. The van der Waals surface area contributed by atoms with Gasteiger partial charge in [0.2, 0.25) is 11.9 Å². The summed E-state index contributed by atoms with van der Waals surface area (Å²) in [7, 11) is 3.80. The lowest BCUT2D eigenvalue weighted by Gasteiger charge is -2.13. The highest BCUT2D eigenvalue weighted by molar-refractivity contribution is 5.36. The number of hydrogen-bond acceptors (Lipinski definition) is 6. The summed E-state index contributed by atoms with van der Waals surface area (Å²) < 4.78 is 5.58. The summed E-state index contributed by atoms with van der Waals surface area (Å²) in [5.41, 5.74) is 0. The van der Waals surface area contributed by atoms with Gasteiger partial charge in [0.25, 0.3) is 0 Å². The van der Waals surface area contributed by atoms with E-state index in [1.54, 1.807) is 0 Å². The Labute approximate surface area is 101 Å². The Morgan fingerprint density at radius 1 is 1.29 bits per heavy atom. The van der Waals surface area contributed by atoms with E-state index in [0.29, 0.717) is 30.4 Å². The zero-order chi connectivity index (χ0) is 12.3. The number of nitrogens with one attached hydrogen (secondary N) is 1. The topological polar surface area (TPSA) is 63.2 Å². The van der Waals surface area contributed by atoms with Crippen molar-refractivity contribution < 1.29 is 4.74 Å². The highest BCUT2D eigenvalue weighted by Crippen LogP contribution is 2.29. The molecular weight excluding hydrogens is 218 g/mol. The molecule has 1 N–H and O–H groups in total. The van der Waals surface area contributed by atoms with Crippen LogP contribution in [0.5, 0.6) is 6.01 Å². The van der Waals surface area contributed by atoms with Gasteiger partial charge in [0.15, 0.2) is 0 Å². The minimum atomic E-state index is 0.409. The summed E-state index contributed by atoms with van der Waals surface area (Å²) in [5, 5.41) is 3.08. The first-order valence-electron chi connectivity index (χ1n) is 5.99. The van der Waals surface area contributed by atoms with E-state index in [1.165, 1.54) is 12.8 Å². The molecule has 0 amide bonds. The summed E-state index contributed by atoms with van der Waals surface area (Å²) in [4.78, 5) is 14.6. The fourth-order valence-corrected chi connectivity index (χ4v) is 1.32. The minimum absolute atomic E-state index is 0.409. The molecule has 0 radical (unpaired) electrons. The van der Waals surface area contributed by atoms with Crippen LogP contribution in [0.3, 0.4) is 0 Å². The zero-order valence-corrected chi connectivity index (χ0v) is 10.6. The second-order valence-electron chi connectivity index (χ2n) is 4.42. The number of rotatable bonds is 6. The zero-order valence-electron chi connectivity index (χ0n) is 10.6. The van der Waals surface area contributed by atoms with Gasteiger partial charge in [-0.2, -0.15) is 15.0 Å². The molecule has 0 spiro atoms. The fourth-order valence-electron chi connectivity index (χ4n) is 1.32. The van der Waals surface area contributed by atoms with Crippen LogP contribution in [0.4, 0.5) is 11.9 Å². The largest absolute Gasteiger partial charge is 0.463 e. The van der Waals surface area contributed by atoms with Gasteiger partial charge >= 0.3 is 6.01 Å². The van der Waals surface area contributed by atoms with Crippen molar-refractivity contribution in [1.29, 1.82) is 0 Å². The van der Waals surface area contributed by atoms with Gasteiger partial charge in [-0.15, -0.1) is 0 Å². The number of hydrogen-bond donors (Lipinski definition) is 1. The Balaban J connectivity index is 2.10.